The van der Waals surface area contributed by atoms with Crippen LogP contribution in [0.3, 0.4) is 0 Å². The van der Waals surface area contributed by atoms with E-state index in [0.29, 0.717) is 17.7 Å². The molecule has 3 rings (SSSR count). The first-order valence-electron chi connectivity index (χ1n) is 8.37. The summed E-state index contributed by atoms with van der Waals surface area (Å²) in [5, 5.41) is 12.3. The average molecular weight is 335 g/mol. The SMILES string of the molecule is COc1cc(N[C@@H](C)c2ccc(C#N)cc2)ccc1N1CCCC1=O. The van der Waals surface area contributed by atoms with E-state index in [4.69, 9.17) is 10.00 Å². The number of hydrogen-bond acceptors (Lipinski definition) is 4. The number of anilines is 2. The van der Waals surface area contributed by atoms with E-state index < -0.39 is 0 Å². The van der Waals surface area contributed by atoms with Crippen LogP contribution in [-0.4, -0.2) is 19.6 Å². The Morgan fingerprint density at radius 3 is 2.60 bits per heavy atom. The lowest BCUT2D eigenvalue weighted by Gasteiger charge is -2.21. The molecule has 1 atom stereocenters. The Morgan fingerprint density at radius 2 is 2.00 bits per heavy atom. The molecule has 0 spiro atoms. The molecule has 1 N–H and O–H groups in total. The molecule has 2 aromatic rings. The number of rotatable bonds is 5. The minimum absolute atomic E-state index is 0.0803. The number of methoxy groups -OCH3 is 1. The maximum atomic E-state index is 12.0. The average Bonchev–Trinajstić information content (AvgIpc) is 3.07. The monoisotopic (exact) mass is 335 g/mol. The number of benzene rings is 2. The van der Waals surface area contributed by atoms with Crippen molar-refractivity contribution in [2.45, 2.75) is 25.8 Å². The van der Waals surface area contributed by atoms with E-state index >= 15 is 0 Å². The fourth-order valence-electron chi connectivity index (χ4n) is 3.07. The van der Waals surface area contributed by atoms with Gasteiger partial charge >= 0.3 is 0 Å². The molecule has 1 aliphatic heterocycles. The molecule has 128 valence electrons. The highest BCUT2D eigenvalue weighted by molar-refractivity contribution is 5.97. The van der Waals surface area contributed by atoms with E-state index in [-0.39, 0.29) is 11.9 Å². The van der Waals surface area contributed by atoms with Crippen LogP contribution in [0.15, 0.2) is 42.5 Å². The van der Waals surface area contributed by atoms with Crippen molar-refractivity contribution in [3.63, 3.8) is 0 Å². The maximum absolute atomic E-state index is 12.0. The van der Waals surface area contributed by atoms with Crippen LogP contribution in [-0.2, 0) is 4.79 Å². The summed E-state index contributed by atoms with van der Waals surface area (Å²) in [5.74, 6) is 0.831. The van der Waals surface area contributed by atoms with Gasteiger partial charge in [-0.1, -0.05) is 12.1 Å². The van der Waals surface area contributed by atoms with E-state index in [1.165, 1.54) is 0 Å². The lowest BCUT2D eigenvalue weighted by atomic mass is 10.1. The number of nitrogens with one attached hydrogen (secondary N) is 1. The van der Waals surface area contributed by atoms with Crippen molar-refractivity contribution in [3.8, 4) is 11.8 Å². The second-order valence-corrected chi connectivity index (χ2v) is 6.14. The fourth-order valence-corrected chi connectivity index (χ4v) is 3.07. The van der Waals surface area contributed by atoms with Crippen molar-refractivity contribution in [2.75, 3.05) is 23.9 Å². The predicted octanol–water partition coefficient (Wildman–Crippen LogP) is 3.87. The van der Waals surface area contributed by atoms with Gasteiger partial charge in [0.25, 0.3) is 0 Å². The van der Waals surface area contributed by atoms with Crippen LogP contribution in [0.2, 0.25) is 0 Å². The predicted molar refractivity (Wildman–Crippen MR) is 97.8 cm³/mol. The Labute approximate surface area is 147 Å². The molecule has 0 unspecified atom stereocenters. The molecule has 1 heterocycles. The molecular weight excluding hydrogens is 314 g/mol. The number of nitriles is 1. The number of nitrogens with zero attached hydrogens (tertiary/aromatic N) is 2. The van der Waals surface area contributed by atoms with E-state index in [0.717, 1.165) is 29.9 Å². The van der Waals surface area contributed by atoms with Crippen LogP contribution in [0.4, 0.5) is 11.4 Å². The Bertz CT molecular complexity index is 809. The van der Waals surface area contributed by atoms with Gasteiger partial charge in [0.2, 0.25) is 5.91 Å². The second-order valence-electron chi connectivity index (χ2n) is 6.14. The molecule has 25 heavy (non-hydrogen) atoms. The normalized spacial score (nSPS) is 14.9. The maximum Gasteiger partial charge on any atom is 0.227 e. The van der Waals surface area contributed by atoms with Gasteiger partial charge in [-0.25, -0.2) is 0 Å². The molecular formula is C20H21N3O2. The molecule has 5 nitrogen and oxygen atoms in total. The van der Waals surface area contributed by atoms with Crippen LogP contribution in [0.1, 0.15) is 36.9 Å². The van der Waals surface area contributed by atoms with Gasteiger partial charge in [-0.2, -0.15) is 5.26 Å². The zero-order chi connectivity index (χ0) is 17.8. The minimum Gasteiger partial charge on any atom is -0.494 e. The lowest BCUT2D eigenvalue weighted by Crippen LogP contribution is -2.24. The Balaban J connectivity index is 1.78. The summed E-state index contributed by atoms with van der Waals surface area (Å²) < 4.78 is 5.49. The molecule has 0 aliphatic carbocycles. The van der Waals surface area contributed by atoms with Gasteiger partial charge in [0, 0.05) is 30.8 Å². The standard InChI is InChI=1S/C20H21N3O2/c1-14(16-7-5-15(13-21)6-8-16)22-17-9-10-18(19(12-17)25-2)23-11-3-4-20(23)24/h5-10,12,14,22H,3-4,11H2,1-2H3/t14-/m0/s1. The second kappa shape index (κ2) is 7.27. The highest BCUT2D eigenvalue weighted by atomic mass is 16.5. The molecule has 1 saturated heterocycles. The van der Waals surface area contributed by atoms with E-state index in [2.05, 4.69) is 18.3 Å². The molecule has 0 radical (unpaired) electrons. The first-order chi connectivity index (χ1) is 12.1. The van der Waals surface area contributed by atoms with Crippen LogP contribution in [0, 0.1) is 11.3 Å². The summed E-state index contributed by atoms with van der Waals surface area (Å²) in [5.41, 5.74) is 3.49. The van der Waals surface area contributed by atoms with Crippen LogP contribution < -0.4 is 15.0 Å². The van der Waals surface area contributed by atoms with Crippen molar-refractivity contribution >= 4 is 17.3 Å². The van der Waals surface area contributed by atoms with Crippen LogP contribution >= 0.6 is 0 Å². The van der Waals surface area contributed by atoms with Gasteiger partial charge < -0.3 is 15.0 Å². The van der Waals surface area contributed by atoms with Crippen molar-refractivity contribution in [3.05, 3.63) is 53.6 Å². The van der Waals surface area contributed by atoms with Gasteiger partial charge in [0.05, 0.1) is 24.4 Å². The number of carbonyl (C=O) groups excluding carboxylic acids is 1. The first-order valence-corrected chi connectivity index (χ1v) is 8.37. The van der Waals surface area contributed by atoms with Crippen LogP contribution in [0.5, 0.6) is 5.75 Å². The zero-order valence-corrected chi connectivity index (χ0v) is 14.5. The smallest absolute Gasteiger partial charge is 0.227 e. The summed E-state index contributed by atoms with van der Waals surface area (Å²) in [6.07, 6.45) is 1.48. The summed E-state index contributed by atoms with van der Waals surface area (Å²) in [6.45, 7) is 2.80. The minimum atomic E-state index is 0.0803. The van der Waals surface area contributed by atoms with Crippen molar-refractivity contribution < 1.29 is 9.53 Å². The van der Waals surface area contributed by atoms with Gasteiger partial charge in [-0.15, -0.1) is 0 Å². The van der Waals surface area contributed by atoms with Crippen molar-refractivity contribution in [1.29, 1.82) is 5.26 Å². The fraction of sp³-hybridized carbons (Fsp3) is 0.300. The molecule has 1 fully saturated rings. The number of amides is 1. The van der Waals surface area contributed by atoms with Crippen molar-refractivity contribution in [2.24, 2.45) is 0 Å². The summed E-state index contributed by atoms with van der Waals surface area (Å²) in [4.78, 5) is 13.8. The van der Waals surface area contributed by atoms with Gasteiger partial charge in [0.1, 0.15) is 5.75 Å². The summed E-state index contributed by atoms with van der Waals surface area (Å²) in [6, 6.07) is 15.5. The third-order valence-corrected chi connectivity index (χ3v) is 4.47. The summed E-state index contributed by atoms with van der Waals surface area (Å²) >= 11 is 0. The molecule has 0 saturated carbocycles. The topological polar surface area (TPSA) is 65.4 Å². The van der Waals surface area contributed by atoms with Crippen LogP contribution in [0.25, 0.3) is 0 Å². The van der Waals surface area contributed by atoms with E-state index in [1.54, 1.807) is 12.0 Å². The highest BCUT2D eigenvalue weighted by Gasteiger charge is 2.24. The molecule has 0 bridgehead atoms. The quantitative estimate of drug-likeness (QED) is 0.901. The molecule has 1 amide bonds. The largest absolute Gasteiger partial charge is 0.494 e. The lowest BCUT2D eigenvalue weighted by molar-refractivity contribution is -0.117. The van der Waals surface area contributed by atoms with Crippen molar-refractivity contribution in [1.82, 2.24) is 0 Å². The van der Waals surface area contributed by atoms with Gasteiger partial charge in [-0.05, 0) is 43.2 Å². The Kier molecular flexibility index (Phi) is 4.90. The van der Waals surface area contributed by atoms with Gasteiger partial charge in [0.15, 0.2) is 0 Å². The third-order valence-electron chi connectivity index (χ3n) is 4.47. The molecule has 1 aliphatic rings. The number of carbonyl (C=O) groups is 1. The Hall–Kier alpha value is -3.00. The molecule has 5 heteroatoms. The highest BCUT2D eigenvalue weighted by Crippen LogP contribution is 2.34. The first kappa shape index (κ1) is 16.8. The number of hydrogen-bond donors (Lipinski definition) is 1. The van der Waals surface area contributed by atoms with E-state index in [9.17, 15) is 4.79 Å². The zero-order valence-electron chi connectivity index (χ0n) is 14.5. The number of ether oxygens (including phenoxy) is 1. The summed E-state index contributed by atoms with van der Waals surface area (Å²) in [7, 11) is 1.62. The third kappa shape index (κ3) is 3.58. The van der Waals surface area contributed by atoms with E-state index in [1.807, 2.05) is 42.5 Å². The molecule has 0 aromatic heterocycles. The van der Waals surface area contributed by atoms with Gasteiger partial charge in [-0.3, -0.25) is 4.79 Å². The Morgan fingerprint density at radius 1 is 1.24 bits per heavy atom. The molecule has 2 aromatic carbocycles.